The number of carboxylic acid groups (broad SMARTS) is 1. The molecule has 0 unspecified atom stereocenters. The van der Waals surface area contributed by atoms with Gasteiger partial charge < -0.3 is 15.3 Å². The van der Waals surface area contributed by atoms with Gasteiger partial charge in [0.15, 0.2) is 0 Å². The van der Waals surface area contributed by atoms with E-state index >= 15 is 0 Å². The zero-order chi connectivity index (χ0) is 14.3. The Morgan fingerprint density at radius 1 is 1.16 bits per heavy atom. The Morgan fingerprint density at radius 2 is 1.79 bits per heavy atom. The van der Waals surface area contributed by atoms with Crippen LogP contribution in [0.1, 0.15) is 46.0 Å². The summed E-state index contributed by atoms with van der Waals surface area (Å²) < 4.78 is 0. The van der Waals surface area contributed by atoms with Crippen molar-refractivity contribution < 1.29 is 14.7 Å². The summed E-state index contributed by atoms with van der Waals surface area (Å²) in [4.78, 5) is 24.2. The summed E-state index contributed by atoms with van der Waals surface area (Å²) in [7, 11) is 0. The number of carboxylic acids is 1. The first-order chi connectivity index (χ1) is 8.99. The molecule has 110 valence electrons. The summed E-state index contributed by atoms with van der Waals surface area (Å²) in [5, 5.41) is 11.4. The maximum absolute atomic E-state index is 12.0. The molecule has 0 aromatic carbocycles. The third kappa shape index (κ3) is 6.45. The molecule has 1 saturated heterocycles. The van der Waals surface area contributed by atoms with Gasteiger partial charge >= 0.3 is 12.0 Å². The second kappa shape index (κ2) is 8.02. The molecular formula is C14H26N2O3. The van der Waals surface area contributed by atoms with Crippen molar-refractivity contribution in [3.8, 4) is 0 Å². The quantitative estimate of drug-likeness (QED) is 0.728. The van der Waals surface area contributed by atoms with Gasteiger partial charge in [0, 0.05) is 26.1 Å². The number of nitrogens with zero attached hydrogens (tertiary/aromatic N) is 1. The van der Waals surface area contributed by atoms with Crippen molar-refractivity contribution in [2.24, 2.45) is 11.8 Å². The van der Waals surface area contributed by atoms with E-state index in [9.17, 15) is 9.59 Å². The van der Waals surface area contributed by atoms with Crippen LogP contribution in [0.5, 0.6) is 0 Å². The number of urea groups is 1. The molecule has 0 radical (unpaired) electrons. The summed E-state index contributed by atoms with van der Waals surface area (Å²) >= 11 is 0. The van der Waals surface area contributed by atoms with E-state index in [4.69, 9.17) is 5.11 Å². The number of hydrogen-bond acceptors (Lipinski definition) is 2. The minimum atomic E-state index is -0.750. The molecule has 1 fully saturated rings. The van der Waals surface area contributed by atoms with Crippen LogP contribution < -0.4 is 5.32 Å². The van der Waals surface area contributed by atoms with Crippen LogP contribution in [-0.4, -0.2) is 41.6 Å². The van der Waals surface area contributed by atoms with Crippen molar-refractivity contribution in [2.75, 3.05) is 19.6 Å². The molecule has 1 aliphatic heterocycles. The maximum atomic E-state index is 12.0. The lowest BCUT2D eigenvalue weighted by Gasteiger charge is -2.34. The second-order valence-corrected chi connectivity index (χ2v) is 5.79. The highest BCUT2D eigenvalue weighted by molar-refractivity contribution is 5.74. The topological polar surface area (TPSA) is 69.6 Å². The third-order valence-corrected chi connectivity index (χ3v) is 3.50. The highest BCUT2D eigenvalue weighted by Crippen LogP contribution is 2.20. The highest BCUT2D eigenvalue weighted by Gasteiger charge is 2.24. The van der Waals surface area contributed by atoms with E-state index in [0.717, 1.165) is 25.9 Å². The number of hydrogen-bond donors (Lipinski definition) is 2. The molecule has 5 heteroatoms. The van der Waals surface area contributed by atoms with Gasteiger partial charge in [-0.15, -0.1) is 0 Å². The Kier molecular flexibility index (Phi) is 6.67. The molecule has 1 rings (SSSR count). The van der Waals surface area contributed by atoms with Crippen molar-refractivity contribution in [1.82, 2.24) is 10.2 Å². The van der Waals surface area contributed by atoms with E-state index in [1.54, 1.807) is 0 Å². The standard InChI is InChI=1S/C14H26N2O3/c1-11-8-12(2)10-16(9-11)14(19)15-7-5-3-4-6-13(17)18/h11-12H,3-10H2,1-2H3,(H,15,19)(H,17,18)/t11-,12+. The fourth-order valence-corrected chi connectivity index (χ4v) is 2.71. The number of carbonyl (C=O) groups excluding carboxylic acids is 1. The lowest BCUT2D eigenvalue weighted by molar-refractivity contribution is -0.137. The van der Waals surface area contributed by atoms with Gasteiger partial charge in [-0.05, 0) is 31.1 Å². The average molecular weight is 270 g/mol. The normalized spacial score (nSPS) is 23.2. The lowest BCUT2D eigenvalue weighted by Crippen LogP contribution is -2.47. The molecule has 1 heterocycles. The molecule has 0 aromatic rings. The van der Waals surface area contributed by atoms with Crippen LogP contribution in [-0.2, 0) is 4.79 Å². The number of carbonyl (C=O) groups is 2. The Bertz CT molecular complexity index is 297. The molecule has 2 N–H and O–H groups in total. The molecule has 0 saturated carbocycles. The first-order valence-corrected chi connectivity index (χ1v) is 7.23. The Labute approximate surface area is 115 Å². The predicted molar refractivity (Wildman–Crippen MR) is 74.0 cm³/mol. The van der Waals surface area contributed by atoms with Crippen molar-refractivity contribution >= 4 is 12.0 Å². The van der Waals surface area contributed by atoms with Crippen LogP contribution in [0.25, 0.3) is 0 Å². The monoisotopic (exact) mass is 270 g/mol. The van der Waals surface area contributed by atoms with E-state index in [2.05, 4.69) is 19.2 Å². The fraction of sp³-hybridized carbons (Fsp3) is 0.857. The van der Waals surface area contributed by atoms with Gasteiger partial charge in [0.05, 0.1) is 0 Å². The van der Waals surface area contributed by atoms with Gasteiger partial charge in [0.25, 0.3) is 0 Å². The Balaban J connectivity index is 2.12. The van der Waals surface area contributed by atoms with Gasteiger partial charge in [-0.1, -0.05) is 20.3 Å². The summed E-state index contributed by atoms with van der Waals surface area (Å²) in [5.74, 6) is 0.399. The summed E-state index contributed by atoms with van der Waals surface area (Å²) in [6.07, 6.45) is 3.79. The van der Waals surface area contributed by atoms with Gasteiger partial charge in [-0.25, -0.2) is 4.79 Å². The summed E-state index contributed by atoms with van der Waals surface area (Å²) in [6, 6.07) is 0.0247. The number of unbranched alkanes of at least 4 members (excludes halogenated alkanes) is 2. The minimum absolute atomic E-state index is 0.0247. The molecule has 2 amide bonds. The molecule has 5 nitrogen and oxygen atoms in total. The van der Waals surface area contributed by atoms with Gasteiger partial charge in [-0.3, -0.25) is 4.79 Å². The van der Waals surface area contributed by atoms with Gasteiger partial charge in [0.2, 0.25) is 0 Å². The van der Waals surface area contributed by atoms with E-state index in [0.29, 0.717) is 24.8 Å². The zero-order valence-electron chi connectivity index (χ0n) is 12.0. The summed E-state index contributed by atoms with van der Waals surface area (Å²) in [6.45, 7) is 6.69. The van der Waals surface area contributed by atoms with E-state index in [-0.39, 0.29) is 12.5 Å². The van der Waals surface area contributed by atoms with Crippen LogP contribution in [0.3, 0.4) is 0 Å². The van der Waals surface area contributed by atoms with Crippen molar-refractivity contribution in [1.29, 1.82) is 0 Å². The van der Waals surface area contributed by atoms with Crippen molar-refractivity contribution in [2.45, 2.75) is 46.0 Å². The number of piperidine rings is 1. The minimum Gasteiger partial charge on any atom is -0.481 e. The zero-order valence-corrected chi connectivity index (χ0v) is 12.0. The van der Waals surface area contributed by atoms with E-state index in [1.807, 2.05) is 4.90 Å². The first-order valence-electron chi connectivity index (χ1n) is 7.23. The molecule has 19 heavy (non-hydrogen) atoms. The van der Waals surface area contributed by atoms with Crippen molar-refractivity contribution in [3.05, 3.63) is 0 Å². The smallest absolute Gasteiger partial charge is 0.317 e. The number of rotatable bonds is 6. The molecule has 0 bridgehead atoms. The molecule has 0 aliphatic carbocycles. The number of aliphatic carboxylic acids is 1. The Hall–Kier alpha value is -1.26. The van der Waals surface area contributed by atoms with Crippen LogP contribution >= 0.6 is 0 Å². The van der Waals surface area contributed by atoms with Crippen LogP contribution in [0, 0.1) is 11.8 Å². The van der Waals surface area contributed by atoms with E-state index in [1.165, 1.54) is 6.42 Å². The van der Waals surface area contributed by atoms with Gasteiger partial charge in [-0.2, -0.15) is 0 Å². The summed E-state index contributed by atoms with van der Waals surface area (Å²) in [5.41, 5.74) is 0. The highest BCUT2D eigenvalue weighted by atomic mass is 16.4. The lowest BCUT2D eigenvalue weighted by atomic mass is 9.92. The van der Waals surface area contributed by atoms with Crippen LogP contribution in [0.2, 0.25) is 0 Å². The number of likely N-dealkylation sites (tertiary alicyclic amines) is 1. The molecule has 0 aromatic heterocycles. The second-order valence-electron chi connectivity index (χ2n) is 5.79. The van der Waals surface area contributed by atoms with E-state index < -0.39 is 5.97 Å². The maximum Gasteiger partial charge on any atom is 0.317 e. The molecule has 2 atom stereocenters. The number of amides is 2. The van der Waals surface area contributed by atoms with Crippen LogP contribution in [0.4, 0.5) is 4.79 Å². The van der Waals surface area contributed by atoms with Crippen molar-refractivity contribution in [3.63, 3.8) is 0 Å². The number of nitrogens with one attached hydrogen (secondary N) is 1. The SMILES string of the molecule is C[C@@H]1C[C@H](C)CN(C(=O)NCCCCCC(=O)O)C1. The fourth-order valence-electron chi connectivity index (χ4n) is 2.71. The first kappa shape index (κ1) is 15.8. The molecule has 1 aliphatic rings. The average Bonchev–Trinajstić information content (AvgIpc) is 2.31. The molecular weight excluding hydrogens is 244 g/mol. The molecule has 0 spiro atoms. The predicted octanol–water partition coefficient (Wildman–Crippen LogP) is 2.32. The van der Waals surface area contributed by atoms with Gasteiger partial charge in [0.1, 0.15) is 0 Å². The largest absolute Gasteiger partial charge is 0.481 e. The third-order valence-electron chi connectivity index (χ3n) is 3.50. The van der Waals surface area contributed by atoms with Crippen LogP contribution in [0.15, 0.2) is 0 Å². The Morgan fingerprint density at radius 3 is 2.37 bits per heavy atom.